The van der Waals surface area contributed by atoms with Crippen molar-refractivity contribution in [1.29, 1.82) is 0 Å². The first-order chi connectivity index (χ1) is 10.8. The molecule has 0 amide bonds. The summed E-state index contributed by atoms with van der Waals surface area (Å²) in [6, 6.07) is 12.4. The van der Waals surface area contributed by atoms with Gasteiger partial charge in [0.25, 0.3) is 0 Å². The van der Waals surface area contributed by atoms with Gasteiger partial charge in [-0.2, -0.15) is 0 Å². The second-order valence-corrected chi connectivity index (χ2v) is 5.48. The van der Waals surface area contributed by atoms with Gasteiger partial charge < -0.3 is 14.8 Å². The lowest BCUT2D eigenvalue weighted by molar-refractivity contribution is 0.174. The molecule has 0 fully saturated rings. The summed E-state index contributed by atoms with van der Waals surface area (Å²) in [6.45, 7) is 3.11. The van der Waals surface area contributed by atoms with Crippen molar-refractivity contribution in [2.24, 2.45) is 4.99 Å². The normalized spacial score (nSPS) is 18.0. The lowest BCUT2D eigenvalue weighted by Crippen LogP contribution is -2.24. The first-order valence-corrected chi connectivity index (χ1v) is 7.30. The Bertz CT molecular complexity index is 743. The Morgan fingerprint density at radius 1 is 1.18 bits per heavy atom. The third kappa shape index (κ3) is 2.40. The van der Waals surface area contributed by atoms with Crippen LogP contribution in [0.2, 0.25) is 0 Å². The molecule has 2 aliphatic heterocycles. The van der Waals surface area contributed by atoms with Crippen LogP contribution < -0.4 is 20.1 Å². The maximum Gasteiger partial charge on any atom is 0.231 e. The van der Waals surface area contributed by atoms with Crippen LogP contribution in [0.15, 0.2) is 41.4 Å². The lowest BCUT2D eigenvalue weighted by Gasteiger charge is -2.22. The summed E-state index contributed by atoms with van der Waals surface area (Å²) in [6.07, 6.45) is 1.70. The first kappa shape index (κ1) is 13.2. The maximum absolute atomic E-state index is 5.41. The van der Waals surface area contributed by atoms with E-state index in [0.717, 1.165) is 22.7 Å². The van der Waals surface area contributed by atoms with E-state index in [0.29, 0.717) is 13.3 Å². The van der Waals surface area contributed by atoms with E-state index >= 15 is 0 Å². The van der Waals surface area contributed by atoms with Crippen LogP contribution in [0.1, 0.15) is 22.9 Å². The molecule has 5 nitrogen and oxygen atoms in total. The second kappa shape index (κ2) is 5.35. The molecule has 2 heterocycles. The molecular weight excluding hydrogens is 278 g/mol. The highest BCUT2D eigenvalue weighted by atomic mass is 16.7. The molecule has 4 rings (SSSR count). The molecule has 2 aliphatic rings. The number of aryl methyl sites for hydroxylation is 1. The van der Waals surface area contributed by atoms with E-state index in [1.54, 1.807) is 6.34 Å². The lowest BCUT2D eigenvalue weighted by atomic mass is 10.1. The van der Waals surface area contributed by atoms with Gasteiger partial charge in [-0.3, -0.25) is 10.3 Å². The highest BCUT2D eigenvalue weighted by Gasteiger charge is 2.18. The van der Waals surface area contributed by atoms with Gasteiger partial charge in [-0.15, -0.1) is 0 Å². The number of nitrogens with zero attached hydrogens (tertiary/aromatic N) is 1. The minimum atomic E-state index is -0.0402. The van der Waals surface area contributed by atoms with Crippen molar-refractivity contribution in [1.82, 2.24) is 5.32 Å². The van der Waals surface area contributed by atoms with Gasteiger partial charge >= 0.3 is 0 Å². The van der Waals surface area contributed by atoms with Crippen LogP contribution in [0.3, 0.4) is 0 Å². The minimum Gasteiger partial charge on any atom is -0.454 e. The van der Waals surface area contributed by atoms with E-state index in [1.807, 2.05) is 18.2 Å². The van der Waals surface area contributed by atoms with Crippen LogP contribution in [-0.4, -0.2) is 13.1 Å². The zero-order valence-corrected chi connectivity index (χ0v) is 12.3. The molecule has 22 heavy (non-hydrogen) atoms. The van der Waals surface area contributed by atoms with Crippen molar-refractivity contribution in [3.8, 4) is 11.5 Å². The molecular formula is C17H17N3O2. The van der Waals surface area contributed by atoms with Crippen molar-refractivity contribution in [3.63, 3.8) is 0 Å². The van der Waals surface area contributed by atoms with Gasteiger partial charge in [0.15, 0.2) is 11.5 Å². The number of hydrogen-bond donors (Lipinski definition) is 2. The van der Waals surface area contributed by atoms with Gasteiger partial charge in [0, 0.05) is 17.8 Å². The van der Waals surface area contributed by atoms with E-state index in [9.17, 15) is 0 Å². The summed E-state index contributed by atoms with van der Waals surface area (Å²) in [5.74, 6) is 1.62. The van der Waals surface area contributed by atoms with E-state index in [2.05, 4.69) is 40.7 Å². The molecule has 2 N–H and O–H groups in total. The molecule has 1 unspecified atom stereocenters. The number of aliphatic imine (C=N–C) groups is 1. The molecule has 112 valence electrons. The van der Waals surface area contributed by atoms with E-state index in [-0.39, 0.29) is 6.17 Å². The van der Waals surface area contributed by atoms with Gasteiger partial charge in [-0.05, 0) is 30.7 Å². The molecule has 0 aromatic heterocycles. The number of anilines is 1. The van der Waals surface area contributed by atoms with Crippen LogP contribution >= 0.6 is 0 Å². The summed E-state index contributed by atoms with van der Waals surface area (Å²) in [7, 11) is 0. The van der Waals surface area contributed by atoms with Crippen molar-refractivity contribution in [2.45, 2.75) is 19.6 Å². The largest absolute Gasteiger partial charge is 0.454 e. The number of hydrogen-bond acceptors (Lipinski definition) is 5. The summed E-state index contributed by atoms with van der Waals surface area (Å²) >= 11 is 0. The zero-order chi connectivity index (χ0) is 14.9. The molecule has 0 aliphatic carbocycles. The smallest absolute Gasteiger partial charge is 0.231 e. The highest BCUT2D eigenvalue weighted by molar-refractivity contribution is 5.80. The predicted molar refractivity (Wildman–Crippen MR) is 85.4 cm³/mol. The quantitative estimate of drug-likeness (QED) is 0.914. The molecule has 2 aromatic carbocycles. The molecule has 0 radical (unpaired) electrons. The number of benzene rings is 2. The summed E-state index contributed by atoms with van der Waals surface area (Å²) < 4.78 is 10.7. The van der Waals surface area contributed by atoms with Crippen molar-refractivity contribution >= 4 is 12.0 Å². The average Bonchev–Trinajstić information content (AvgIpc) is 3.00. The number of fused-ring (bicyclic) bond motifs is 2. The number of nitrogens with one attached hydrogen (secondary N) is 2. The minimum absolute atomic E-state index is 0.0402. The van der Waals surface area contributed by atoms with Gasteiger partial charge in [0.2, 0.25) is 6.79 Å². The third-order valence-electron chi connectivity index (χ3n) is 3.88. The Labute approximate surface area is 129 Å². The van der Waals surface area contributed by atoms with Gasteiger partial charge in [0.05, 0.1) is 6.34 Å². The summed E-state index contributed by atoms with van der Waals surface area (Å²) in [4.78, 5) is 4.50. The van der Waals surface area contributed by atoms with Crippen LogP contribution in [0, 0.1) is 6.92 Å². The second-order valence-electron chi connectivity index (χ2n) is 5.48. The molecule has 0 saturated carbocycles. The Balaban J connectivity index is 1.51. The Kier molecular flexibility index (Phi) is 3.20. The molecule has 0 spiro atoms. The van der Waals surface area contributed by atoms with Gasteiger partial charge in [-0.1, -0.05) is 23.8 Å². The Morgan fingerprint density at radius 3 is 3.05 bits per heavy atom. The van der Waals surface area contributed by atoms with Crippen molar-refractivity contribution < 1.29 is 9.47 Å². The van der Waals surface area contributed by atoms with E-state index in [4.69, 9.17) is 9.47 Å². The molecule has 5 heteroatoms. The number of ether oxygens (including phenoxy) is 2. The monoisotopic (exact) mass is 295 g/mol. The molecule has 0 bridgehead atoms. The third-order valence-corrected chi connectivity index (χ3v) is 3.88. The Hall–Kier alpha value is -2.53. The fraction of sp³-hybridized carbons (Fsp3) is 0.235. The molecule has 1 atom stereocenters. The van der Waals surface area contributed by atoms with Crippen molar-refractivity contribution in [3.05, 3.63) is 53.1 Å². The SMILES string of the molecule is Cc1ccc2c(c1)C(NCc1ccc3c(c1)OCO3)N=CN2. The topological polar surface area (TPSA) is 54.9 Å². The van der Waals surface area contributed by atoms with Crippen molar-refractivity contribution in [2.75, 3.05) is 12.1 Å². The maximum atomic E-state index is 5.41. The standard InChI is InChI=1S/C17H17N3O2/c1-11-2-4-14-13(6-11)17(20-9-19-14)18-8-12-3-5-15-16(7-12)22-10-21-15/h2-7,9,17-18H,8,10H2,1H3,(H,19,20). The van der Waals surface area contributed by atoms with Crippen LogP contribution in [0.5, 0.6) is 11.5 Å². The van der Waals surface area contributed by atoms with Crippen LogP contribution in [0.4, 0.5) is 5.69 Å². The zero-order valence-electron chi connectivity index (χ0n) is 12.3. The molecule has 2 aromatic rings. The number of rotatable bonds is 3. The van der Waals surface area contributed by atoms with E-state index < -0.39 is 0 Å². The fourth-order valence-corrected chi connectivity index (χ4v) is 2.73. The predicted octanol–water partition coefficient (Wildman–Crippen LogP) is 2.97. The summed E-state index contributed by atoms with van der Waals surface area (Å²) in [5, 5.41) is 6.66. The van der Waals surface area contributed by atoms with Crippen LogP contribution in [0.25, 0.3) is 0 Å². The highest BCUT2D eigenvalue weighted by Crippen LogP contribution is 2.33. The van der Waals surface area contributed by atoms with Crippen LogP contribution in [-0.2, 0) is 6.54 Å². The molecule has 0 saturated heterocycles. The fourth-order valence-electron chi connectivity index (χ4n) is 2.73. The summed E-state index contributed by atoms with van der Waals surface area (Å²) in [5.41, 5.74) is 4.65. The van der Waals surface area contributed by atoms with E-state index in [1.165, 1.54) is 11.1 Å². The van der Waals surface area contributed by atoms with Gasteiger partial charge in [0.1, 0.15) is 6.17 Å². The average molecular weight is 295 g/mol. The Morgan fingerprint density at radius 2 is 2.09 bits per heavy atom. The first-order valence-electron chi connectivity index (χ1n) is 7.30. The van der Waals surface area contributed by atoms with Gasteiger partial charge in [-0.25, -0.2) is 0 Å².